The average molecular weight is 263 g/mol. The van der Waals surface area contributed by atoms with Gasteiger partial charge in [-0.05, 0) is 24.0 Å². The largest absolute Gasteiger partial charge is 0.488 e. The molecule has 19 heavy (non-hydrogen) atoms. The Bertz CT molecular complexity index is 420. The zero-order valence-electron chi connectivity index (χ0n) is 11.4. The van der Waals surface area contributed by atoms with Crippen LogP contribution in [0.25, 0.3) is 0 Å². The van der Waals surface area contributed by atoms with E-state index in [9.17, 15) is 4.79 Å². The smallest absolute Gasteiger partial charge is 0.320 e. The third-order valence-corrected chi connectivity index (χ3v) is 3.31. The third-order valence-electron chi connectivity index (χ3n) is 3.31. The van der Waals surface area contributed by atoms with Crippen LogP contribution in [0.1, 0.15) is 25.8 Å². The van der Waals surface area contributed by atoms with Crippen LogP contribution in [-0.4, -0.2) is 29.8 Å². The highest BCUT2D eigenvalue weighted by Gasteiger charge is 2.25. The second-order valence-corrected chi connectivity index (χ2v) is 5.48. The van der Waals surface area contributed by atoms with Gasteiger partial charge in [0, 0.05) is 13.0 Å². The van der Waals surface area contributed by atoms with Crippen LogP contribution in [0.2, 0.25) is 0 Å². The Morgan fingerprint density at radius 3 is 2.84 bits per heavy atom. The molecular formula is C15H21NO3. The fraction of sp³-hybridized carbons (Fsp3) is 0.533. The van der Waals surface area contributed by atoms with E-state index in [1.807, 2.05) is 32.0 Å². The maximum absolute atomic E-state index is 11.2. The Kier molecular flexibility index (Phi) is 4.43. The van der Waals surface area contributed by atoms with Crippen LogP contribution in [0.4, 0.5) is 0 Å². The number of rotatable bonds is 6. The van der Waals surface area contributed by atoms with Gasteiger partial charge in [-0.1, -0.05) is 32.0 Å². The van der Waals surface area contributed by atoms with E-state index in [1.165, 1.54) is 5.56 Å². The predicted octanol–water partition coefficient (Wildman–Crippen LogP) is 2.08. The summed E-state index contributed by atoms with van der Waals surface area (Å²) in [7, 11) is 0. The molecule has 0 aromatic heterocycles. The van der Waals surface area contributed by atoms with E-state index in [2.05, 4.69) is 11.4 Å². The number of carboxylic acid groups (broad SMARTS) is 1. The van der Waals surface area contributed by atoms with E-state index in [0.717, 1.165) is 12.2 Å². The van der Waals surface area contributed by atoms with Crippen LogP contribution in [0.5, 0.6) is 5.75 Å². The molecule has 104 valence electrons. The quantitative estimate of drug-likeness (QED) is 0.825. The molecule has 2 unspecified atom stereocenters. The maximum Gasteiger partial charge on any atom is 0.320 e. The van der Waals surface area contributed by atoms with Crippen LogP contribution < -0.4 is 10.1 Å². The number of nitrogens with one attached hydrogen (secondary N) is 1. The molecule has 1 aromatic rings. The number of hydrogen-bond acceptors (Lipinski definition) is 3. The Labute approximate surface area is 113 Å². The Morgan fingerprint density at radius 1 is 1.47 bits per heavy atom. The summed E-state index contributed by atoms with van der Waals surface area (Å²) in [5.41, 5.74) is 1.20. The molecule has 0 bridgehead atoms. The molecule has 0 aliphatic carbocycles. The lowest BCUT2D eigenvalue weighted by molar-refractivity contribution is -0.140. The van der Waals surface area contributed by atoms with Crippen molar-refractivity contribution in [3.8, 4) is 5.75 Å². The van der Waals surface area contributed by atoms with Crippen LogP contribution in [-0.2, 0) is 11.2 Å². The molecule has 0 saturated carbocycles. The number of aliphatic carboxylic acids is 1. The van der Waals surface area contributed by atoms with Crippen molar-refractivity contribution < 1.29 is 14.6 Å². The minimum Gasteiger partial charge on any atom is -0.488 e. The van der Waals surface area contributed by atoms with E-state index < -0.39 is 12.0 Å². The first kappa shape index (κ1) is 13.9. The van der Waals surface area contributed by atoms with Crippen LogP contribution >= 0.6 is 0 Å². The number of carbonyl (C=O) groups is 1. The summed E-state index contributed by atoms with van der Waals surface area (Å²) in [4.78, 5) is 11.2. The van der Waals surface area contributed by atoms with Gasteiger partial charge in [0.1, 0.15) is 17.9 Å². The first-order valence-corrected chi connectivity index (χ1v) is 6.77. The molecule has 1 heterocycles. The number of carboxylic acids is 1. The summed E-state index contributed by atoms with van der Waals surface area (Å²) in [6.07, 6.45) is 1.51. The standard InChI is InChI=1S/C15H21NO3/c1-10(2)7-13(15(17)18)16-9-12-8-11-5-3-4-6-14(11)19-12/h3-6,10,12-13,16H,7-9H2,1-2H3,(H,17,18). The lowest BCUT2D eigenvalue weighted by Gasteiger charge is -2.19. The SMILES string of the molecule is CC(C)CC(NCC1Cc2ccccc2O1)C(=O)O. The van der Waals surface area contributed by atoms with Crippen molar-refractivity contribution in [1.29, 1.82) is 0 Å². The minimum absolute atomic E-state index is 0.0337. The van der Waals surface area contributed by atoms with Crippen LogP contribution in [0.3, 0.4) is 0 Å². The first-order chi connectivity index (χ1) is 9.06. The molecule has 0 amide bonds. The van der Waals surface area contributed by atoms with Crippen molar-refractivity contribution in [2.45, 2.75) is 38.8 Å². The summed E-state index contributed by atoms with van der Waals surface area (Å²) in [6.45, 7) is 4.62. The van der Waals surface area contributed by atoms with E-state index in [4.69, 9.17) is 9.84 Å². The van der Waals surface area contributed by atoms with Gasteiger partial charge in [-0.2, -0.15) is 0 Å². The molecule has 2 rings (SSSR count). The molecule has 0 fully saturated rings. The highest BCUT2D eigenvalue weighted by Crippen LogP contribution is 2.27. The Morgan fingerprint density at radius 2 is 2.21 bits per heavy atom. The van der Waals surface area contributed by atoms with Gasteiger partial charge in [-0.3, -0.25) is 4.79 Å². The van der Waals surface area contributed by atoms with Crippen molar-refractivity contribution in [3.63, 3.8) is 0 Å². The lowest BCUT2D eigenvalue weighted by atomic mass is 10.0. The summed E-state index contributed by atoms with van der Waals surface area (Å²) < 4.78 is 5.79. The second kappa shape index (κ2) is 6.06. The molecular weight excluding hydrogens is 242 g/mol. The molecule has 1 aliphatic heterocycles. The number of ether oxygens (including phenoxy) is 1. The van der Waals surface area contributed by atoms with Gasteiger partial charge in [0.2, 0.25) is 0 Å². The van der Waals surface area contributed by atoms with Gasteiger partial charge in [0.15, 0.2) is 0 Å². The average Bonchev–Trinajstić information content (AvgIpc) is 2.76. The van der Waals surface area contributed by atoms with Crippen molar-refractivity contribution in [2.24, 2.45) is 5.92 Å². The van der Waals surface area contributed by atoms with E-state index >= 15 is 0 Å². The van der Waals surface area contributed by atoms with Crippen molar-refractivity contribution in [2.75, 3.05) is 6.54 Å². The summed E-state index contributed by atoms with van der Waals surface area (Å²) >= 11 is 0. The van der Waals surface area contributed by atoms with Crippen LogP contribution in [0.15, 0.2) is 24.3 Å². The van der Waals surface area contributed by atoms with E-state index in [-0.39, 0.29) is 6.10 Å². The Balaban J connectivity index is 1.85. The zero-order valence-corrected chi connectivity index (χ0v) is 11.4. The zero-order chi connectivity index (χ0) is 13.8. The molecule has 0 radical (unpaired) electrons. The molecule has 2 N–H and O–H groups in total. The topological polar surface area (TPSA) is 58.6 Å². The fourth-order valence-electron chi connectivity index (χ4n) is 2.38. The normalized spacial score (nSPS) is 19.0. The van der Waals surface area contributed by atoms with Crippen molar-refractivity contribution >= 4 is 5.97 Å². The molecule has 0 spiro atoms. The maximum atomic E-state index is 11.2. The summed E-state index contributed by atoms with van der Waals surface area (Å²) in [5, 5.41) is 12.3. The molecule has 1 aromatic carbocycles. The fourth-order valence-corrected chi connectivity index (χ4v) is 2.38. The van der Waals surface area contributed by atoms with Gasteiger partial charge in [0.25, 0.3) is 0 Å². The van der Waals surface area contributed by atoms with E-state index in [1.54, 1.807) is 0 Å². The highest BCUT2D eigenvalue weighted by atomic mass is 16.5. The molecule has 2 atom stereocenters. The molecule has 1 aliphatic rings. The van der Waals surface area contributed by atoms with Gasteiger partial charge in [0.05, 0.1) is 0 Å². The van der Waals surface area contributed by atoms with Crippen LogP contribution in [0, 0.1) is 5.92 Å². The minimum atomic E-state index is -0.788. The molecule has 4 heteroatoms. The van der Waals surface area contributed by atoms with Crippen molar-refractivity contribution in [3.05, 3.63) is 29.8 Å². The summed E-state index contributed by atoms with van der Waals surface area (Å²) in [6, 6.07) is 7.47. The molecule has 0 saturated heterocycles. The number of fused-ring (bicyclic) bond motifs is 1. The van der Waals surface area contributed by atoms with Gasteiger partial charge in [-0.15, -0.1) is 0 Å². The van der Waals surface area contributed by atoms with Gasteiger partial charge >= 0.3 is 5.97 Å². The molecule has 4 nitrogen and oxygen atoms in total. The number of benzene rings is 1. The predicted molar refractivity (Wildman–Crippen MR) is 73.4 cm³/mol. The monoisotopic (exact) mass is 263 g/mol. The second-order valence-electron chi connectivity index (χ2n) is 5.48. The summed E-state index contributed by atoms with van der Waals surface area (Å²) in [5.74, 6) is 0.490. The van der Waals surface area contributed by atoms with Gasteiger partial charge < -0.3 is 15.2 Å². The van der Waals surface area contributed by atoms with Gasteiger partial charge in [-0.25, -0.2) is 0 Å². The number of para-hydroxylation sites is 1. The first-order valence-electron chi connectivity index (χ1n) is 6.77. The number of hydrogen-bond donors (Lipinski definition) is 2. The third kappa shape index (κ3) is 3.70. The van der Waals surface area contributed by atoms with E-state index in [0.29, 0.717) is 18.9 Å². The lowest BCUT2D eigenvalue weighted by Crippen LogP contribution is -2.42. The van der Waals surface area contributed by atoms with Crippen molar-refractivity contribution in [1.82, 2.24) is 5.32 Å². The highest BCUT2D eigenvalue weighted by molar-refractivity contribution is 5.73. The Hall–Kier alpha value is -1.55.